The maximum absolute atomic E-state index is 12.0. The van der Waals surface area contributed by atoms with Crippen molar-refractivity contribution in [3.8, 4) is 0 Å². The first kappa shape index (κ1) is 16.0. The van der Waals surface area contributed by atoms with E-state index in [-0.39, 0.29) is 5.75 Å². The molecule has 1 heterocycles. The highest BCUT2D eigenvalue weighted by molar-refractivity contribution is 9.09. The summed E-state index contributed by atoms with van der Waals surface area (Å²) in [6, 6.07) is 11.1. The van der Waals surface area contributed by atoms with Crippen molar-refractivity contribution in [1.29, 1.82) is 0 Å². The van der Waals surface area contributed by atoms with E-state index in [2.05, 4.69) is 25.6 Å². The van der Waals surface area contributed by atoms with E-state index in [1.807, 2.05) is 24.3 Å². The monoisotopic (exact) mass is 368 g/mol. The molecule has 1 aromatic heterocycles. The summed E-state index contributed by atoms with van der Waals surface area (Å²) < 4.78 is 26.7. The summed E-state index contributed by atoms with van der Waals surface area (Å²) in [6.45, 7) is 0. The van der Waals surface area contributed by atoms with Crippen LogP contribution in [0.1, 0.15) is 11.1 Å². The molecule has 0 aliphatic heterocycles. The Morgan fingerprint density at radius 1 is 0.952 bits per heavy atom. The maximum Gasteiger partial charge on any atom is 0.233 e. The summed E-state index contributed by atoms with van der Waals surface area (Å²) in [4.78, 5) is 3.91. The van der Waals surface area contributed by atoms with E-state index in [1.165, 1.54) is 5.56 Å². The summed E-state index contributed by atoms with van der Waals surface area (Å²) in [7, 11) is -3.34. The standard InChI is InChI=1S/C15H17BrN2O2S/c16-9-5-13-1-3-15(4-2-13)18-21(19,20)12-8-14-6-10-17-11-7-14/h1-4,6-7,10-11,18H,5,8-9,12H2. The van der Waals surface area contributed by atoms with E-state index >= 15 is 0 Å². The Labute approximate surface area is 133 Å². The van der Waals surface area contributed by atoms with Gasteiger partial charge in [-0.3, -0.25) is 9.71 Å². The number of pyridine rings is 1. The van der Waals surface area contributed by atoms with Crippen molar-refractivity contribution in [2.75, 3.05) is 15.8 Å². The fraction of sp³-hybridized carbons (Fsp3) is 0.267. The van der Waals surface area contributed by atoms with Crippen LogP contribution in [0.25, 0.3) is 0 Å². The number of aryl methyl sites for hydroxylation is 2. The SMILES string of the molecule is O=S(=O)(CCc1ccncc1)Nc1ccc(CCBr)cc1. The Balaban J connectivity index is 1.94. The van der Waals surface area contributed by atoms with Gasteiger partial charge in [0.15, 0.2) is 0 Å². The third kappa shape index (κ3) is 5.47. The van der Waals surface area contributed by atoms with Gasteiger partial charge < -0.3 is 0 Å². The summed E-state index contributed by atoms with van der Waals surface area (Å²) in [5.74, 6) is 0.0557. The van der Waals surface area contributed by atoms with Gasteiger partial charge in [-0.1, -0.05) is 28.1 Å². The van der Waals surface area contributed by atoms with Crippen molar-refractivity contribution in [3.63, 3.8) is 0 Å². The lowest BCUT2D eigenvalue weighted by Gasteiger charge is -2.08. The van der Waals surface area contributed by atoms with Gasteiger partial charge >= 0.3 is 0 Å². The van der Waals surface area contributed by atoms with Crippen LogP contribution >= 0.6 is 15.9 Å². The number of anilines is 1. The van der Waals surface area contributed by atoms with Gasteiger partial charge in [-0.15, -0.1) is 0 Å². The Hall–Kier alpha value is -1.40. The average molecular weight is 369 g/mol. The third-order valence-corrected chi connectivity index (χ3v) is 4.70. The number of alkyl halides is 1. The molecule has 2 aromatic rings. The number of benzene rings is 1. The molecule has 0 bridgehead atoms. The minimum atomic E-state index is -3.34. The summed E-state index contributed by atoms with van der Waals surface area (Å²) in [5, 5.41) is 0.893. The third-order valence-electron chi connectivity index (χ3n) is 3.02. The summed E-state index contributed by atoms with van der Waals surface area (Å²) in [6.07, 6.45) is 4.73. The fourth-order valence-corrected chi connectivity index (χ4v) is 3.44. The zero-order valence-electron chi connectivity index (χ0n) is 11.5. The van der Waals surface area contributed by atoms with Crippen molar-refractivity contribution in [3.05, 3.63) is 59.9 Å². The second-order valence-corrected chi connectivity index (χ2v) is 7.30. The van der Waals surface area contributed by atoms with Crippen LogP contribution in [0.3, 0.4) is 0 Å². The highest BCUT2D eigenvalue weighted by Gasteiger charge is 2.10. The molecule has 112 valence electrons. The van der Waals surface area contributed by atoms with Gasteiger partial charge in [0.05, 0.1) is 5.75 Å². The van der Waals surface area contributed by atoms with E-state index < -0.39 is 10.0 Å². The normalized spacial score (nSPS) is 11.3. The number of nitrogens with one attached hydrogen (secondary N) is 1. The number of nitrogens with zero attached hydrogens (tertiary/aromatic N) is 1. The summed E-state index contributed by atoms with van der Waals surface area (Å²) in [5.41, 5.74) is 2.73. The van der Waals surface area contributed by atoms with Crippen molar-refractivity contribution >= 4 is 31.6 Å². The lowest BCUT2D eigenvalue weighted by Crippen LogP contribution is -2.18. The van der Waals surface area contributed by atoms with Crippen LogP contribution < -0.4 is 4.72 Å². The van der Waals surface area contributed by atoms with Gasteiger partial charge in [0.2, 0.25) is 10.0 Å². The highest BCUT2D eigenvalue weighted by Crippen LogP contribution is 2.13. The van der Waals surface area contributed by atoms with E-state index in [0.717, 1.165) is 17.3 Å². The molecule has 0 radical (unpaired) electrons. The van der Waals surface area contributed by atoms with Gasteiger partial charge in [0, 0.05) is 23.4 Å². The molecule has 0 aliphatic rings. The molecule has 21 heavy (non-hydrogen) atoms. The molecule has 1 N–H and O–H groups in total. The van der Waals surface area contributed by atoms with Gasteiger partial charge in [0.25, 0.3) is 0 Å². The number of hydrogen-bond donors (Lipinski definition) is 1. The highest BCUT2D eigenvalue weighted by atomic mass is 79.9. The minimum Gasteiger partial charge on any atom is -0.284 e. The molecule has 0 amide bonds. The quantitative estimate of drug-likeness (QED) is 0.764. The molecule has 0 saturated heterocycles. The molecular formula is C15H17BrN2O2S. The predicted octanol–water partition coefficient (Wildman–Crippen LogP) is 3.00. The summed E-state index contributed by atoms with van der Waals surface area (Å²) >= 11 is 3.38. The zero-order valence-corrected chi connectivity index (χ0v) is 13.9. The lowest BCUT2D eigenvalue weighted by molar-refractivity contribution is 0.600. The van der Waals surface area contributed by atoms with Gasteiger partial charge in [0.1, 0.15) is 0 Å². The molecule has 4 nitrogen and oxygen atoms in total. The largest absolute Gasteiger partial charge is 0.284 e. The Kier molecular flexibility index (Phi) is 5.76. The van der Waals surface area contributed by atoms with Crippen LogP contribution in [0.4, 0.5) is 5.69 Å². The van der Waals surface area contributed by atoms with Gasteiger partial charge in [-0.2, -0.15) is 0 Å². The first-order valence-corrected chi connectivity index (χ1v) is 9.41. The minimum absolute atomic E-state index is 0.0557. The second-order valence-electron chi connectivity index (χ2n) is 4.66. The molecule has 0 fully saturated rings. The molecule has 0 atom stereocenters. The number of halogens is 1. The molecule has 2 rings (SSSR count). The first-order valence-electron chi connectivity index (χ1n) is 6.63. The molecular weight excluding hydrogens is 352 g/mol. The fourth-order valence-electron chi connectivity index (χ4n) is 1.88. The first-order chi connectivity index (χ1) is 10.1. The van der Waals surface area contributed by atoms with Crippen LogP contribution in [0.2, 0.25) is 0 Å². The molecule has 0 saturated carbocycles. The molecule has 0 aliphatic carbocycles. The molecule has 1 aromatic carbocycles. The van der Waals surface area contributed by atoms with Crippen LogP contribution in [0, 0.1) is 0 Å². The number of sulfonamides is 1. The molecule has 6 heteroatoms. The van der Waals surface area contributed by atoms with Crippen LogP contribution in [0.5, 0.6) is 0 Å². The Bertz CT molecular complexity index is 658. The van der Waals surface area contributed by atoms with Crippen LogP contribution in [-0.2, 0) is 22.9 Å². The van der Waals surface area contributed by atoms with Gasteiger partial charge in [-0.25, -0.2) is 8.42 Å². The predicted molar refractivity (Wildman–Crippen MR) is 89.3 cm³/mol. The number of rotatable bonds is 7. The van der Waals surface area contributed by atoms with E-state index in [0.29, 0.717) is 12.1 Å². The van der Waals surface area contributed by atoms with Crippen molar-refractivity contribution in [2.24, 2.45) is 0 Å². The topological polar surface area (TPSA) is 59.1 Å². The molecule has 0 spiro atoms. The van der Waals surface area contributed by atoms with Crippen molar-refractivity contribution < 1.29 is 8.42 Å². The smallest absolute Gasteiger partial charge is 0.233 e. The molecule has 0 unspecified atom stereocenters. The van der Waals surface area contributed by atoms with Gasteiger partial charge in [-0.05, 0) is 48.2 Å². The van der Waals surface area contributed by atoms with Crippen molar-refractivity contribution in [1.82, 2.24) is 4.98 Å². The number of hydrogen-bond acceptors (Lipinski definition) is 3. The van der Waals surface area contributed by atoms with E-state index in [1.54, 1.807) is 24.5 Å². The van der Waals surface area contributed by atoms with E-state index in [4.69, 9.17) is 0 Å². The Morgan fingerprint density at radius 2 is 1.57 bits per heavy atom. The average Bonchev–Trinajstić information content (AvgIpc) is 2.48. The number of aromatic nitrogens is 1. The zero-order chi connectivity index (χ0) is 15.1. The van der Waals surface area contributed by atoms with Crippen LogP contribution in [0.15, 0.2) is 48.8 Å². The lowest BCUT2D eigenvalue weighted by atomic mass is 10.2. The Morgan fingerprint density at radius 3 is 2.19 bits per heavy atom. The maximum atomic E-state index is 12.0. The van der Waals surface area contributed by atoms with E-state index in [9.17, 15) is 8.42 Å². The van der Waals surface area contributed by atoms with Crippen LogP contribution in [-0.4, -0.2) is 24.5 Å². The van der Waals surface area contributed by atoms with Crippen molar-refractivity contribution in [2.45, 2.75) is 12.8 Å². The second kappa shape index (κ2) is 7.56.